The van der Waals surface area contributed by atoms with Crippen molar-refractivity contribution in [1.82, 2.24) is 14.5 Å². The Balaban J connectivity index is 0.00000578. The molecule has 0 saturated carbocycles. The number of nitrogens with zero attached hydrogens (tertiary/aromatic N) is 3. The van der Waals surface area contributed by atoms with Crippen LogP contribution in [0.3, 0.4) is 0 Å². The third kappa shape index (κ3) is 8.40. The Labute approximate surface area is 378 Å². The molecule has 8 aromatic rings. The Morgan fingerprint density at radius 3 is 1.97 bits per heavy atom. The van der Waals surface area contributed by atoms with Crippen molar-refractivity contribution >= 4 is 11.0 Å². The number of phenolic OH excluding ortho intramolecular Hbond substituents is 1. The van der Waals surface area contributed by atoms with Crippen molar-refractivity contribution in [1.29, 1.82) is 0 Å². The molecule has 0 saturated heterocycles. The molecule has 0 atom stereocenters. The van der Waals surface area contributed by atoms with Crippen LogP contribution in [0.5, 0.6) is 5.75 Å². The van der Waals surface area contributed by atoms with Crippen LogP contribution < -0.4 is 0 Å². The molecule has 4 nitrogen and oxygen atoms in total. The smallest absolute Gasteiger partial charge is 0.148 e. The summed E-state index contributed by atoms with van der Waals surface area (Å²) in [6.07, 6.45) is 1.86. The molecule has 0 unspecified atom stereocenters. The van der Waals surface area contributed by atoms with E-state index in [2.05, 4.69) is 163 Å². The normalized spacial score (nSPS) is 12.6. The minimum Gasteiger partial charge on any atom is -0.507 e. The summed E-state index contributed by atoms with van der Waals surface area (Å²) in [6.45, 7) is 22.1. The number of pyridine rings is 1. The van der Waals surface area contributed by atoms with Gasteiger partial charge in [-0.15, -0.1) is 29.3 Å². The van der Waals surface area contributed by atoms with Crippen molar-refractivity contribution in [3.63, 3.8) is 0 Å². The van der Waals surface area contributed by atoms with E-state index >= 15 is 0 Å². The Hall–Kier alpha value is -5.57. The maximum Gasteiger partial charge on any atom is 0.148 e. The van der Waals surface area contributed by atoms with Gasteiger partial charge >= 0.3 is 0 Å². The van der Waals surface area contributed by atoms with Crippen LogP contribution in [0, 0.1) is 11.5 Å². The van der Waals surface area contributed by atoms with Crippen molar-refractivity contribution < 1.29 is 27.5 Å². The Bertz CT molecular complexity index is 2890. The van der Waals surface area contributed by atoms with Gasteiger partial charge in [-0.05, 0) is 86.4 Å². The number of hydrogen-bond donors (Lipinski definition) is 1. The monoisotopic (exact) mass is 982 g/mol. The minimum absolute atomic E-state index is 0. The van der Waals surface area contributed by atoms with Gasteiger partial charge in [-0.3, -0.25) is 9.55 Å². The molecule has 8 rings (SSSR count). The Morgan fingerprint density at radius 2 is 1.30 bits per heavy atom. The number of benzene rings is 6. The molecule has 0 aliphatic rings. The van der Waals surface area contributed by atoms with E-state index in [0.29, 0.717) is 11.4 Å². The van der Waals surface area contributed by atoms with Crippen molar-refractivity contribution in [3.8, 4) is 67.5 Å². The van der Waals surface area contributed by atoms with Gasteiger partial charge in [0.15, 0.2) is 0 Å². The second-order valence-electron chi connectivity index (χ2n) is 18.9. The van der Waals surface area contributed by atoms with Crippen LogP contribution in [0.25, 0.3) is 72.7 Å². The fraction of sp³-hybridized carbons (Fsp3) is 0.250. The van der Waals surface area contributed by atoms with Crippen molar-refractivity contribution in [2.75, 3.05) is 0 Å². The average molecular weight is 983 g/mol. The number of fused-ring (bicyclic) bond motifs is 1. The number of aromatic nitrogens is 3. The van der Waals surface area contributed by atoms with Gasteiger partial charge in [-0.1, -0.05) is 171 Å². The Morgan fingerprint density at radius 1 is 0.623 bits per heavy atom. The Kier molecular flexibility index (Phi) is 11.5. The van der Waals surface area contributed by atoms with Crippen LogP contribution in [0.2, 0.25) is 0 Å². The first-order valence-electron chi connectivity index (χ1n) is 21.5. The molecule has 0 spiro atoms. The van der Waals surface area contributed by atoms with Crippen LogP contribution in [0.4, 0.5) is 0 Å². The zero-order valence-corrected chi connectivity index (χ0v) is 39.2. The van der Waals surface area contributed by atoms with E-state index in [1.54, 1.807) is 6.07 Å². The summed E-state index contributed by atoms with van der Waals surface area (Å²) in [4.78, 5) is 10.4. The molecule has 5 heteroatoms. The van der Waals surface area contributed by atoms with Gasteiger partial charge in [-0.2, -0.15) is 0 Å². The molecule has 2 aromatic heterocycles. The molecule has 0 bridgehead atoms. The topological polar surface area (TPSA) is 50.9 Å². The predicted octanol–water partition coefficient (Wildman–Crippen LogP) is 15.0. The number of para-hydroxylation sites is 2. The number of phenols is 1. The molecule has 0 fully saturated rings. The number of hydrogen-bond acceptors (Lipinski definition) is 3. The third-order valence-electron chi connectivity index (χ3n) is 12.6. The first-order valence-corrected chi connectivity index (χ1v) is 21.0. The molecule has 6 aromatic carbocycles. The maximum atomic E-state index is 11.4. The average Bonchev–Trinajstić information content (AvgIpc) is 3.62. The van der Waals surface area contributed by atoms with E-state index in [1.165, 1.54) is 5.56 Å². The van der Waals surface area contributed by atoms with Crippen molar-refractivity contribution in [2.45, 2.75) is 86.0 Å². The van der Waals surface area contributed by atoms with Crippen LogP contribution in [-0.2, 0) is 31.9 Å². The van der Waals surface area contributed by atoms with E-state index < -0.39 is 5.89 Å². The summed E-state index contributed by atoms with van der Waals surface area (Å²) in [5.74, 6) is 0.154. The van der Waals surface area contributed by atoms with E-state index in [1.807, 2.05) is 56.4 Å². The number of aromatic hydroxyl groups is 1. The summed E-state index contributed by atoms with van der Waals surface area (Å²) < 4.78 is 10.7. The number of imidazole rings is 1. The molecule has 0 radical (unpaired) electrons. The van der Waals surface area contributed by atoms with Crippen LogP contribution in [-0.4, -0.2) is 19.6 Å². The molecule has 0 aliphatic heterocycles. The molecule has 0 amide bonds. The molecule has 2 heterocycles. The second-order valence-corrected chi connectivity index (χ2v) is 18.9. The summed E-state index contributed by atoms with van der Waals surface area (Å²) >= 11 is 0. The summed E-state index contributed by atoms with van der Waals surface area (Å²) in [5, 5.41) is 11.4. The van der Waals surface area contributed by atoms with Gasteiger partial charge in [0, 0.05) is 39.9 Å². The predicted molar refractivity (Wildman–Crippen MR) is 252 cm³/mol. The van der Waals surface area contributed by atoms with Gasteiger partial charge in [0.2, 0.25) is 0 Å². The van der Waals surface area contributed by atoms with Crippen molar-refractivity contribution in [2.24, 2.45) is 5.41 Å². The first kappa shape index (κ1) is 42.1. The van der Waals surface area contributed by atoms with Gasteiger partial charge in [0.25, 0.3) is 0 Å². The molecule has 61 heavy (non-hydrogen) atoms. The van der Waals surface area contributed by atoms with Gasteiger partial charge in [0.1, 0.15) is 11.6 Å². The second kappa shape index (κ2) is 16.7. The molecular formula is C56H56N3OPt-. The largest absolute Gasteiger partial charge is 0.507 e. The summed E-state index contributed by atoms with van der Waals surface area (Å²) in [6, 6.07) is 51.9. The van der Waals surface area contributed by atoms with E-state index in [0.717, 1.165) is 72.5 Å². The van der Waals surface area contributed by atoms with E-state index in [-0.39, 0.29) is 43.1 Å². The van der Waals surface area contributed by atoms with Crippen molar-refractivity contribution in [3.05, 3.63) is 168 Å². The van der Waals surface area contributed by atoms with Gasteiger partial charge < -0.3 is 5.11 Å². The standard InChI is InChI=1S/C56H56N3O.Pt/c1-36(2)37-23-25-38(26-24-37)40-29-30-57-48(34-40)42-31-41(32-44(33-42)54(3,4)5)45-20-16-21-50-52(45)58-53(46-19-14-15-22-51(46)60)59(50)49-28-27-43(56(9,10)55(6,7)8)35-47(49)39-17-12-11-13-18-39;/h11-30,32-36,60H,1-10H3;/q-1;/i36D;. The first-order chi connectivity index (χ1) is 28.8. The fourth-order valence-electron chi connectivity index (χ4n) is 7.85. The maximum absolute atomic E-state index is 11.4. The van der Waals surface area contributed by atoms with Gasteiger partial charge in [0.05, 0.1) is 22.3 Å². The SMILES string of the molecule is [2H]C(C)(C)c1ccc(-c2ccnc(-c3[c-]c(-c4cccc5c4nc(-c4ccccc4O)n5-c4ccc(C(C)(C)C(C)(C)C)cc4-c4ccccc4)cc(C(C)(C)C)c3)c2)cc1.[Pt]. The zero-order chi connectivity index (χ0) is 43.5. The van der Waals surface area contributed by atoms with Crippen LogP contribution >= 0.6 is 0 Å². The number of rotatable bonds is 8. The molecular weight excluding hydrogens is 926 g/mol. The van der Waals surface area contributed by atoms with E-state index in [4.69, 9.17) is 11.3 Å². The quantitative estimate of drug-likeness (QED) is 0.154. The third-order valence-corrected chi connectivity index (χ3v) is 12.6. The molecule has 0 aliphatic carbocycles. The fourth-order valence-corrected chi connectivity index (χ4v) is 7.85. The minimum atomic E-state index is -0.667. The van der Waals surface area contributed by atoms with Crippen LogP contribution in [0.1, 0.15) is 93.2 Å². The molecule has 1 N–H and O–H groups in total. The van der Waals surface area contributed by atoms with E-state index in [9.17, 15) is 5.11 Å². The summed E-state index contributed by atoms with van der Waals surface area (Å²) in [7, 11) is 0. The summed E-state index contributed by atoms with van der Waals surface area (Å²) in [5.41, 5.74) is 14.4. The van der Waals surface area contributed by atoms with Crippen LogP contribution in [0.15, 0.2) is 146 Å². The zero-order valence-electron chi connectivity index (χ0n) is 38.0. The van der Waals surface area contributed by atoms with Gasteiger partial charge in [-0.25, -0.2) is 4.98 Å². The molecule has 312 valence electrons.